The molecule has 0 heterocycles. The smallest absolute Gasteiger partial charge is 0.342 e. The number of esters is 1. The average molecular weight is 363 g/mol. The number of nitrogens with one attached hydrogen (secondary N) is 1. The van der Waals surface area contributed by atoms with Crippen LogP contribution in [0.25, 0.3) is 0 Å². The molecule has 0 aliphatic heterocycles. The van der Waals surface area contributed by atoms with Gasteiger partial charge in [-0.05, 0) is 43.5 Å². The van der Waals surface area contributed by atoms with Crippen LogP contribution >= 0.6 is 11.8 Å². The van der Waals surface area contributed by atoms with E-state index in [1.54, 1.807) is 24.3 Å². The van der Waals surface area contributed by atoms with Crippen LogP contribution in [0.2, 0.25) is 0 Å². The zero-order valence-corrected chi connectivity index (χ0v) is 14.9. The molecule has 0 radical (unpaired) electrons. The van der Waals surface area contributed by atoms with E-state index < -0.39 is 23.8 Å². The lowest BCUT2D eigenvalue weighted by molar-refractivity contribution is -0.123. The fraction of sp³-hybridized carbons (Fsp3) is 0.222. The van der Waals surface area contributed by atoms with Crippen LogP contribution in [0.5, 0.6) is 5.75 Å². The Bertz CT molecular complexity index is 781. The van der Waals surface area contributed by atoms with Crippen LogP contribution < -0.4 is 10.1 Å². The lowest BCUT2D eigenvalue weighted by atomic mass is 10.2. The first-order valence-electron chi connectivity index (χ1n) is 7.44. The number of anilines is 1. The second-order valence-electron chi connectivity index (χ2n) is 5.08. The summed E-state index contributed by atoms with van der Waals surface area (Å²) in [7, 11) is 1.45. The van der Waals surface area contributed by atoms with E-state index in [4.69, 9.17) is 9.47 Å². The van der Waals surface area contributed by atoms with Crippen molar-refractivity contribution in [2.75, 3.05) is 18.7 Å². The summed E-state index contributed by atoms with van der Waals surface area (Å²) in [6.45, 7) is 1.41. The number of benzene rings is 2. The lowest BCUT2D eigenvalue weighted by Gasteiger charge is -2.15. The second kappa shape index (κ2) is 8.53. The van der Waals surface area contributed by atoms with Crippen LogP contribution in [0.3, 0.4) is 0 Å². The molecule has 2 aromatic carbocycles. The van der Waals surface area contributed by atoms with E-state index in [2.05, 4.69) is 5.32 Å². The summed E-state index contributed by atoms with van der Waals surface area (Å²) in [6, 6.07) is 10.8. The Kier molecular flexibility index (Phi) is 6.41. The van der Waals surface area contributed by atoms with E-state index in [0.717, 1.165) is 4.90 Å². The molecular weight excluding hydrogens is 345 g/mol. The molecule has 0 saturated carbocycles. The Labute approximate surface area is 149 Å². The van der Waals surface area contributed by atoms with Gasteiger partial charge in [-0.1, -0.05) is 12.1 Å². The second-order valence-corrected chi connectivity index (χ2v) is 5.96. The van der Waals surface area contributed by atoms with Crippen LogP contribution in [0.4, 0.5) is 10.1 Å². The summed E-state index contributed by atoms with van der Waals surface area (Å²) in [6.07, 6.45) is 0.805. The summed E-state index contributed by atoms with van der Waals surface area (Å²) >= 11 is 1.51. The molecule has 0 aromatic heterocycles. The molecule has 0 aliphatic carbocycles. The molecule has 25 heavy (non-hydrogen) atoms. The Balaban J connectivity index is 2.07. The Hall–Kier alpha value is -2.54. The number of carbonyl (C=O) groups is 2. The van der Waals surface area contributed by atoms with Crippen molar-refractivity contribution in [1.29, 1.82) is 0 Å². The van der Waals surface area contributed by atoms with Crippen LogP contribution in [-0.2, 0) is 9.53 Å². The molecule has 1 amide bonds. The molecule has 0 spiro atoms. The van der Waals surface area contributed by atoms with E-state index in [0.29, 0.717) is 5.75 Å². The highest BCUT2D eigenvalue weighted by Gasteiger charge is 2.22. The van der Waals surface area contributed by atoms with Gasteiger partial charge in [0.25, 0.3) is 5.91 Å². The molecule has 0 unspecified atom stereocenters. The van der Waals surface area contributed by atoms with E-state index in [1.807, 2.05) is 6.26 Å². The maximum Gasteiger partial charge on any atom is 0.342 e. The number of halogens is 1. The van der Waals surface area contributed by atoms with Crippen molar-refractivity contribution in [3.05, 3.63) is 53.8 Å². The Morgan fingerprint density at radius 2 is 1.92 bits per heavy atom. The molecule has 1 N–H and O–H groups in total. The van der Waals surface area contributed by atoms with E-state index >= 15 is 0 Å². The largest absolute Gasteiger partial charge is 0.496 e. The van der Waals surface area contributed by atoms with Crippen molar-refractivity contribution in [3.8, 4) is 5.75 Å². The highest BCUT2D eigenvalue weighted by Crippen LogP contribution is 2.26. The molecule has 0 bridgehead atoms. The number of ether oxygens (including phenoxy) is 2. The minimum Gasteiger partial charge on any atom is -0.496 e. The molecule has 1 atom stereocenters. The van der Waals surface area contributed by atoms with Gasteiger partial charge in [0.05, 0.1) is 12.8 Å². The quantitative estimate of drug-likeness (QED) is 0.626. The molecule has 5 nitrogen and oxygen atoms in total. The summed E-state index contributed by atoms with van der Waals surface area (Å²) in [4.78, 5) is 25.3. The van der Waals surface area contributed by atoms with E-state index in [9.17, 15) is 14.0 Å². The van der Waals surface area contributed by atoms with Crippen molar-refractivity contribution < 1.29 is 23.5 Å². The van der Waals surface area contributed by atoms with Gasteiger partial charge in [0, 0.05) is 4.90 Å². The van der Waals surface area contributed by atoms with Crippen molar-refractivity contribution in [2.24, 2.45) is 0 Å². The fourth-order valence-electron chi connectivity index (χ4n) is 2.04. The van der Waals surface area contributed by atoms with Crippen LogP contribution in [-0.4, -0.2) is 31.3 Å². The van der Waals surface area contributed by atoms with Crippen LogP contribution in [0.15, 0.2) is 47.4 Å². The standard InChI is InChI=1S/C18H18FNO4S/c1-11(17(21)20-15-7-5-4-6-14(15)19)24-18(22)13-9-8-12(25-3)10-16(13)23-2/h4-11H,1-3H3,(H,20,21)/t11-/m1/s1. The van der Waals surface area contributed by atoms with E-state index in [1.165, 1.54) is 44.0 Å². The summed E-state index contributed by atoms with van der Waals surface area (Å²) in [5.74, 6) is -1.53. The predicted molar refractivity (Wildman–Crippen MR) is 94.7 cm³/mol. The third-order valence-electron chi connectivity index (χ3n) is 3.41. The van der Waals surface area contributed by atoms with Gasteiger partial charge >= 0.3 is 5.97 Å². The normalized spacial score (nSPS) is 11.5. The first-order valence-corrected chi connectivity index (χ1v) is 8.67. The van der Waals surface area contributed by atoms with Gasteiger partial charge in [0.1, 0.15) is 17.1 Å². The first-order chi connectivity index (χ1) is 12.0. The van der Waals surface area contributed by atoms with Gasteiger partial charge in [0.2, 0.25) is 0 Å². The summed E-state index contributed by atoms with van der Waals surface area (Å²) in [5.41, 5.74) is 0.239. The topological polar surface area (TPSA) is 64.6 Å². The number of carbonyl (C=O) groups excluding carboxylic acids is 2. The number of para-hydroxylation sites is 1. The molecule has 2 rings (SSSR count). The van der Waals surface area contributed by atoms with Crippen molar-refractivity contribution in [2.45, 2.75) is 17.9 Å². The molecule has 0 aliphatic rings. The molecule has 2 aromatic rings. The van der Waals surface area contributed by atoms with Gasteiger partial charge in [-0.25, -0.2) is 9.18 Å². The monoisotopic (exact) mass is 363 g/mol. The molecule has 132 valence electrons. The van der Waals surface area contributed by atoms with Crippen molar-refractivity contribution in [3.63, 3.8) is 0 Å². The highest BCUT2D eigenvalue weighted by atomic mass is 32.2. The zero-order chi connectivity index (χ0) is 18.4. The number of hydrogen-bond donors (Lipinski definition) is 1. The number of hydrogen-bond acceptors (Lipinski definition) is 5. The summed E-state index contributed by atoms with van der Waals surface area (Å²) < 4.78 is 23.9. The van der Waals surface area contributed by atoms with Crippen LogP contribution in [0, 0.1) is 5.82 Å². The Morgan fingerprint density at radius 3 is 2.56 bits per heavy atom. The highest BCUT2D eigenvalue weighted by molar-refractivity contribution is 7.98. The molecule has 0 saturated heterocycles. The van der Waals surface area contributed by atoms with Crippen molar-refractivity contribution in [1.82, 2.24) is 0 Å². The molecule has 0 fully saturated rings. The third kappa shape index (κ3) is 4.73. The van der Waals surface area contributed by atoms with Crippen molar-refractivity contribution >= 4 is 29.3 Å². The minimum atomic E-state index is -1.10. The van der Waals surface area contributed by atoms with Crippen LogP contribution in [0.1, 0.15) is 17.3 Å². The number of amides is 1. The Morgan fingerprint density at radius 1 is 1.20 bits per heavy atom. The lowest BCUT2D eigenvalue weighted by Crippen LogP contribution is -2.30. The zero-order valence-electron chi connectivity index (χ0n) is 14.0. The minimum absolute atomic E-state index is 0.0253. The van der Waals surface area contributed by atoms with Gasteiger partial charge < -0.3 is 14.8 Å². The summed E-state index contributed by atoms with van der Waals surface area (Å²) in [5, 5.41) is 2.39. The first kappa shape index (κ1) is 18.8. The maximum absolute atomic E-state index is 13.6. The third-order valence-corrected chi connectivity index (χ3v) is 4.14. The molecule has 7 heteroatoms. The van der Waals surface area contributed by atoms with Gasteiger partial charge in [-0.2, -0.15) is 0 Å². The van der Waals surface area contributed by atoms with Gasteiger partial charge in [-0.3, -0.25) is 4.79 Å². The fourth-order valence-corrected chi connectivity index (χ4v) is 2.47. The molecular formula is C18H18FNO4S. The van der Waals surface area contributed by atoms with Gasteiger partial charge in [-0.15, -0.1) is 11.8 Å². The van der Waals surface area contributed by atoms with E-state index in [-0.39, 0.29) is 11.3 Å². The maximum atomic E-state index is 13.6. The van der Waals surface area contributed by atoms with Gasteiger partial charge in [0.15, 0.2) is 6.10 Å². The SMILES string of the molecule is COc1cc(SC)ccc1C(=O)O[C@H](C)C(=O)Nc1ccccc1F. The average Bonchev–Trinajstić information content (AvgIpc) is 2.62. The number of methoxy groups -OCH3 is 1. The predicted octanol–water partition coefficient (Wildman–Crippen LogP) is 3.74. The number of thioether (sulfide) groups is 1. The number of rotatable bonds is 6.